The number of halogens is 5. The molecule has 0 bridgehead atoms. The zero-order valence-electron chi connectivity index (χ0n) is 16.6. The van der Waals surface area contributed by atoms with Gasteiger partial charge in [0.1, 0.15) is 12.3 Å². The molecule has 6 nitrogen and oxygen atoms in total. The van der Waals surface area contributed by atoms with E-state index in [1.807, 2.05) is 25.1 Å². The van der Waals surface area contributed by atoms with E-state index in [0.29, 0.717) is 19.6 Å². The number of alkyl halides is 3. The number of ether oxygens (including phenoxy) is 1. The van der Waals surface area contributed by atoms with Crippen LogP contribution in [0.1, 0.15) is 18.3 Å². The molecule has 0 radical (unpaired) electrons. The van der Waals surface area contributed by atoms with E-state index in [9.17, 15) is 18.0 Å². The molecular formula is C19H21Br2F3N4O2. The van der Waals surface area contributed by atoms with E-state index in [4.69, 9.17) is 4.74 Å². The van der Waals surface area contributed by atoms with Crippen molar-refractivity contribution < 1.29 is 22.7 Å². The van der Waals surface area contributed by atoms with Crippen LogP contribution in [0.4, 0.5) is 18.9 Å². The highest BCUT2D eigenvalue weighted by Gasteiger charge is 2.38. The van der Waals surface area contributed by atoms with Gasteiger partial charge in [0.2, 0.25) is 5.91 Å². The summed E-state index contributed by atoms with van der Waals surface area (Å²) in [6, 6.07) is 5.70. The van der Waals surface area contributed by atoms with Crippen molar-refractivity contribution in [3.05, 3.63) is 38.5 Å². The average Bonchev–Trinajstić information content (AvgIpc) is 2.96. The molecule has 2 aromatic rings. The van der Waals surface area contributed by atoms with Crippen molar-refractivity contribution >= 4 is 43.5 Å². The lowest BCUT2D eigenvalue weighted by Crippen LogP contribution is -2.54. The Morgan fingerprint density at radius 3 is 2.57 bits per heavy atom. The number of hydrogen-bond donors (Lipinski definition) is 0. The van der Waals surface area contributed by atoms with Gasteiger partial charge in [0.15, 0.2) is 5.69 Å². The summed E-state index contributed by atoms with van der Waals surface area (Å²) in [4.78, 5) is 16.7. The smallest absolute Gasteiger partial charge is 0.436 e. The lowest BCUT2D eigenvalue weighted by atomic mass is 10.1. The first-order chi connectivity index (χ1) is 14.0. The van der Waals surface area contributed by atoms with Gasteiger partial charge in [0.25, 0.3) is 0 Å². The van der Waals surface area contributed by atoms with Crippen molar-refractivity contribution in [1.29, 1.82) is 0 Å². The Kier molecular flexibility index (Phi) is 6.71. The maximum Gasteiger partial charge on any atom is 0.436 e. The van der Waals surface area contributed by atoms with Gasteiger partial charge in [0, 0.05) is 37.4 Å². The molecule has 0 aliphatic carbocycles. The van der Waals surface area contributed by atoms with E-state index in [2.05, 4.69) is 41.9 Å². The molecule has 3 rings (SSSR count). The number of carbonyl (C=O) groups excluding carboxylic acids is 1. The molecule has 0 spiro atoms. The van der Waals surface area contributed by atoms with Crippen LogP contribution < -0.4 is 9.64 Å². The first-order valence-corrected chi connectivity index (χ1v) is 10.8. The van der Waals surface area contributed by atoms with Crippen molar-refractivity contribution in [2.24, 2.45) is 0 Å². The summed E-state index contributed by atoms with van der Waals surface area (Å²) in [5.74, 6) is 0.459. The van der Waals surface area contributed by atoms with Gasteiger partial charge in [-0.15, -0.1) is 0 Å². The molecule has 1 saturated heterocycles. The van der Waals surface area contributed by atoms with Gasteiger partial charge in [-0.05, 0) is 57.8 Å². The van der Waals surface area contributed by atoms with E-state index in [0.717, 1.165) is 20.6 Å². The number of carbonyl (C=O) groups is 1. The summed E-state index contributed by atoms with van der Waals surface area (Å²) in [5.41, 5.74) is 0.231. The lowest BCUT2D eigenvalue weighted by Gasteiger charge is -2.41. The van der Waals surface area contributed by atoms with Gasteiger partial charge >= 0.3 is 6.18 Å². The molecule has 1 aromatic carbocycles. The van der Waals surface area contributed by atoms with Gasteiger partial charge in [-0.25, -0.2) is 0 Å². The zero-order valence-corrected chi connectivity index (χ0v) is 19.8. The van der Waals surface area contributed by atoms with Crippen molar-refractivity contribution in [3.8, 4) is 5.75 Å². The third kappa shape index (κ3) is 4.61. The van der Waals surface area contributed by atoms with Gasteiger partial charge in [0.05, 0.1) is 21.7 Å². The molecule has 1 amide bonds. The Morgan fingerprint density at radius 2 is 2.00 bits per heavy atom. The second-order valence-electron chi connectivity index (χ2n) is 7.10. The molecule has 0 N–H and O–H groups in total. The highest BCUT2D eigenvalue weighted by Crippen LogP contribution is 2.35. The Hall–Kier alpha value is -1.75. The summed E-state index contributed by atoms with van der Waals surface area (Å²) < 4.78 is 46.4. The predicted octanol–water partition coefficient (Wildman–Crippen LogP) is 4.48. The molecule has 2 heterocycles. The number of anilines is 1. The molecule has 11 heteroatoms. The van der Waals surface area contributed by atoms with Crippen molar-refractivity contribution in [2.45, 2.75) is 32.6 Å². The monoisotopic (exact) mass is 552 g/mol. The van der Waals surface area contributed by atoms with E-state index < -0.39 is 11.9 Å². The summed E-state index contributed by atoms with van der Waals surface area (Å²) >= 11 is 6.37. The number of hydrogen-bond acceptors (Lipinski definition) is 4. The van der Waals surface area contributed by atoms with E-state index in [1.54, 1.807) is 12.0 Å². The maximum atomic E-state index is 13.1. The minimum absolute atomic E-state index is 0.109. The Labute approximate surface area is 189 Å². The number of nitrogens with zero attached hydrogens (tertiary/aromatic N) is 4. The maximum absolute atomic E-state index is 13.1. The molecule has 1 aromatic heterocycles. The third-order valence-corrected chi connectivity index (χ3v) is 6.74. The molecule has 1 fully saturated rings. The summed E-state index contributed by atoms with van der Waals surface area (Å²) in [6.07, 6.45) is -4.58. The van der Waals surface area contributed by atoms with Crippen LogP contribution in [0.15, 0.2) is 27.1 Å². The van der Waals surface area contributed by atoms with Crippen LogP contribution in [0.2, 0.25) is 0 Å². The highest BCUT2D eigenvalue weighted by atomic mass is 79.9. The molecule has 1 atom stereocenters. The topological polar surface area (TPSA) is 50.6 Å². The van der Waals surface area contributed by atoms with Gasteiger partial charge in [-0.1, -0.05) is 0 Å². The van der Waals surface area contributed by atoms with Crippen molar-refractivity contribution in [3.63, 3.8) is 0 Å². The number of benzene rings is 1. The number of aromatic nitrogens is 2. The van der Waals surface area contributed by atoms with E-state index in [-0.39, 0.29) is 28.7 Å². The normalized spacial score (nSPS) is 17.4. The molecule has 1 aliphatic rings. The molecule has 30 heavy (non-hydrogen) atoms. The Morgan fingerprint density at radius 1 is 1.30 bits per heavy atom. The fourth-order valence-corrected chi connectivity index (χ4v) is 4.40. The average molecular weight is 554 g/mol. The Balaban J connectivity index is 1.70. The Bertz CT molecular complexity index is 949. The minimum Gasteiger partial charge on any atom is -0.495 e. The number of piperazine rings is 1. The van der Waals surface area contributed by atoms with Crippen LogP contribution in [0.25, 0.3) is 0 Å². The molecule has 0 saturated carbocycles. The minimum atomic E-state index is -4.58. The number of methoxy groups -OCH3 is 1. The fourth-order valence-electron chi connectivity index (χ4n) is 3.49. The molecule has 0 unspecified atom stereocenters. The van der Waals surface area contributed by atoms with Gasteiger partial charge in [-0.2, -0.15) is 18.3 Å². The second-order valence-corrected chi connectivity index (χ2v) is 8.75. The highest BCUT2D eigenvalue weighted by molar-refractivity contribution is 9.10. The SMILES string of the molecule is COc1cc(N2CCN(C(=O)Cn3nc(C(F)(F)F)c(Br)c3C)[C@@H](C)C2)ccc1Br. The first-order valence-electron chi connectivity index (χ1n) is 9.21. The van der Waals surface area contributed by atoms with Crippen LogP contribution in [0, 0.1) is 6.92 Å². The quantitative estimate of drug-likeness (QED) is 0.560. The van der Waals surface area contributed by atoms with Crippen molar-refractivity contribution in [2.75, 3.05) is 31.6 Å². The second kappa shape index (κ2) is 8.78. The van der Waals surface area contributed by atoms with Gasteiger partial charge < -0.3 is 14.5 Å². The van der Waals surface area contributed by atoms with Crippen LogP contribution in [0.5, 0.6) is 5.75 Å². The van der Waals surface area contributed by atoms with Crippen LogP contribution >= 0.6 is 31.9 Å². The van der Waals surface area contributed by atoms with Crippen LogP contribution in [-0.2, 0) is 17.5 Å². The van der Waals surface area contributed by atoms with E-state index in [1.165, 1.54) is 6.92 Å². The zero-order chi connectivity index (χ0) is 22.2. The van der Waals surface area contributed by atoms with Crippen molar-refractivity contribution in [1.82, 2.24) is 14.7 Å². The lowest BCUT2D eigenvalue weighted by molar-refractivity contribution is -0.143. The molecule has 1 aliphatic heterocycles. The third-order valence-electron chi connectivity index (χ3n) is 5.13. The first kappa shape index (κ1) is 22.9. The number of rotatable bonds is 4. The molecule has 164 valence electrons. The number of amides is 1. The summed E-state index contributed by atoms with van der Waals surface area (Å²) in [5, 5.41) is 3.60. The van der Waals surface area contributed by atoms with E-state index >= 15 is 0 Å². The predicted molar refractivity (Wildman–Crippen MR) is 114 cm³/mol. The standard InChI is InChI=1S/C19H21Br2F3N4O2/c1-11-9-26(13-4-5-14(20)15(8-13)30-3)6-7-27(11)16(29)10-28-12(2)17(21)18(25-28)19(22,23)24/h4-5,8,11H,6-7,9-10H2,1-3H3/t11-/m0/s1. The largest absolute Gasteiger partial charge is 0.495 e. The summed E-state index contributed by atoms with van der Waals surface area (Å²) in [7, 11) is 1.60. The fraction of sp³-hybridized carbons (Fsp3) is 0.474. The van der Waals surface area contributed by atoms with Crippen LogP contribution in [-0.4, -0.2) is 53.4 Å². The summed E-state index contributed by atoms with van der Waals surface area (Å²) in [6.45, 7) is 4.86. The van der Waals surface area contributed by atoms with Gasteiger partial charge in [-0.3, -0.25) is 9.48 Å². The van der Waals surface area contributed by atoms with Crippen LogP contribution in [0.3, 0.4) is 0 Å². The molecular weight excluding hydrogens is 533 g/mol.